The Labute approximate surface area is 181 Å². The number of para-hydroxylation sites is 1. The number of methoxy groups -OCH3 is 1. The highest BCUT2D eigenvalue weighted by molar-refractivity contribution is 14.0. The fourth-order valence-corrected chi connectivity index (χ4v) is 2.88. The highest BCUT2D eigenvalue weighted by Gasteiger charge is 2.13. The van der Waals surface area contributed by atoms with Crippen LogP contribution in [0.5, 0.6) is 0 Å². The van der Waals surface area contributed by atoms with E-state index in [1.54, 1.807) is 26.3 Å². The Morgan fingerprint density at radius 3 is 2.71 bits per heavy atom. The average molecular weight is 497 g/mol. The summed E-state index contributed by atoms with van der Waals surface area (Å²) < 4.78 is 24.6. The van der Waals surface area contributed by atoms with Crippen molar-refractivity contribution in [1.29, 1.82) is 0 Å². The molecule has 0 aliphatic rings. The summed E-state index contributed by atoms with van der Waals surface area (Å²) in [5, 5.41) is 7.62. The van der Waals surface area contributed by atoms with Crippen molar-refractivity contribution in [2.45, 2.75) is 26.1 Å². The Morgan fingerprint density at radius 2 is 2.00 bits per heavy atom. The summed E-state index contributed by atoms with van der Waals surface area (Å²) in [6.07, 6.45) is 0. The van der Waals surface area contributed by atoms with Crippen molar-refractivity contribution in [3.8, 4) is 0 Å². The van der Waals surface area contributed by atoms with Gasteiger partial charge in [-0.25, -0.2) is 4.39 Å². The third-order valence-electron chi connectivity index (χ3n) is 4.32. The zero-order valence-corrected chi connectivity index (χ0v) is 18.5. The molecular formula is C21H25FIN3O2. The maximum atomic E-state index is 13.7. The number of halogens is 2. The van der Waals surface area contributed by atoms with Crippen LogP contribution in [0.25, 0.3) is 11.0 Å². The van der Waals surface area contributed by atoms with E-state index in [1.807, 2.05) is 37.3 Å². The van der Waals surface area contributed by atoms with Gasteiger partial charge in [-0.05, 0) is 36.8 Å². The molecule has 5 nitrogen and oxygen atoms in total. The van der Waals surface area contributed by atoms with Gasteiger partial charge in [0.2, 0.25) is 0 Å². The van der Waals surface area contributed by atoms with E-state index in [9.17, 15) is 4.39 Å². The van der Waals surface area contributed by atoms with Crippen LogP contribution in [0.4, 0.5) is 4.39 Å². The van der Waals surface area contributed by atoms with Gasteiger partial charge in [0.25, 0.3) is 0 Å². The van der Waals surface area contributed by atoms with Crippen molar-refractivity contribution in [3.05, 3.63) is 71.2 Å². The summed E-state index contributed by atoms with van der Waals surface area (Å²) in [5.74, 6) is 1.21. The minimum Gasteiger partial charge on any atom is -0.459 e. The van der Waals surface area contributed by atoms with Gasteiger partial charge in [0.05, 0.1) is 12.6 Å². The number of guanidine groups is 1. The molecule has 1 heterocycles. The molecular weight excluding hydrogens is 472 g/mol. The quantitative estimate of drug-likeness (QED) is 0.293. The van der Waals surface area contributed by atoms with Gasteiger partial charge in [-0.1, -0.05) is 24.3 Å². The fourth-order valence-electron chi connectivity index (χ4n) is 2.88. The van der Waals surface area contributed by atoms with Crippen LogP contribution in [0.2, 0.25) is 0 Å². The standard InChI is InChI=1S/C21H24FN3O2.HI/c1-14(20-11-16-6-4-5-7-19(16)27-20)25-21(23-2)24-12-15-8-9-18(22)17(10-15)13-26-3;/h4-11,14H,12-13H2,1-3H3,(H2,23,24,25);1H. The Balaban J connectivity index is 0.00000280. The van der Waals surface area contributed by atoms with E-state index in [-0.39, 0.29) is 42.4 Å². The molecule has 150 valence electrons. The second-order valence-corrected chi connectivity index (χ2v) is 6.34. The van der Waals surface area contributed by atoms with Gasteiger partial charge in [-0.15, -0.1) is 24.0 Å². The molecule has 0 radical (unpaired) electrons. The molecule has 3 rings (SSSR count). The number of rotatable bonds is 6. The first-order valence-corrected chi connectivity index (χ1v) is 8.82. The van der Waals surface area contributed by atoms with Gasteiger partial charge in [0, 0.05) is 31.7 Å². The van der Waals surface area contributed by atoms with Gasteiger partial charge in [0.15, 0.2) is 5.96 Å². The summed E-state index contributed by atoms with van der Waals surface area (Å²) in [4.78, 5) is 4.25. The molecule has 0 aliphatic heterocycles. The van der Waals surface area contributed by atoms with Crippen molar-refractivity contribution in [2.75, 3.05) is 14.2 Å². The lowest BCUT2D eigenvalue weighted by Crippen LogP contribution is -2.38. The summed E-state index contributed by atoms with van der Waals surface area (Å²) in [6.45, 7) is 2.78. The SMILES string of the molecule is CN=C(NCc1ccc(F)c(COC)c1)NC(C)c1cc2ccccc2o1.I. The molecule has 28 heavy (non-hydrogen) atoms. The predicted molar refractivity (Wildman–Crippen MR) is 120 cm³/mol. The van der Waals surface area contributed by atoms with E-state index in [1.165, 1.54) is 6.07 Å². The zero-order chi connectivity index (χ0) is 19.2. The summed E-state index contributed by atoms with van der Waals surface area (Å²) >= 11 is 0. The number of aliphatic imine (C=N–C) groups is 1. The second kappa shape index (κ2) is 10.4. The number of fused-ring (bicyclic) bond motifs is 1. The van der Waals surface area contributed by atoms with Crippen LogP contribution in [0.3, 0.4) is 0 Å². The third-order valence-corrected chi connectivity index (χ3v) is 4.32. The monoisotopic (exact) mass is 497 g/mol. The first-order valence-electron chi connectivity index (χ1n) is 8.82. The van der Waals surface area contributed by atoms with Gasteiger partial charge in [-0.3, -0.25) is 4.99 Å². The third kappa shape index (κ3) is 5.45. The smallest absolute Gasteiger partial charge is 0.191 e. The van der Waals surface area contributed by atoms with Gasteiger partial charge in [0.1, 0.15) is 17.2 Å². The van der Waals surface area contributed by atoms with Crippen LogP contribution >= 0.6 is 24.0 Å². The van der Waals surface area contributed by atoms with E-state index in [2.05, 4.69) is 15.6 Å². The topological polar surface area (TPSA) is 58.8 Å². The molecule has 0 saturated heterocycles. The molecule has 0 amide bonds. The normalized spacial score (nSPS) is 12.5. The van der Waals surface area contributed by atoms with Crippen LogP contribution < -0.4 is 10.6 Å². The first-order chi connectivity index (χ1) is 13.1. The highest BCUT2D eigenvalue weighted by atomic mass is 127. The largest absolute Gasteiger partial charge is 0.459 e. The number of benzene rings is 2. The van der Waals surface area contributed by atoms with Crippen LogP contribution in [0.1, 0.15) is 29.9 Å². The lowest BCUT2D eigenvalue weighted by Gasteiger charge is -2.16. The maximum absolute atomic E-state index is 13.7. The van der Waals surface area contributed by atoms with E-state index in [0.29, 0.717) is 18.1 Å². The summed E-state index contributed by atoms with van der Waals surface area (Å²) in [5.41, 5.74) is 2.35. The number of hydrogen-bond acceptors (Lipinski definition) is 3. The average Bonchev–Trinajstić information content (AvgIpc) is 3.12. The zero-order valence-electron chi connectivity index (χ0n) is 16.2. The van der Waals surface area contributed by atoms with Gasteiger partial charge >= 0.3 is 0 Å². The van der Waals surface area contributed by atoms with E-state index in [4.69, 9.17) is 9.15 Å². The molecule has 1 unspecified atom stereocenters. The summed E-state index contributed by atoms with van der Waals surface area (Å²) in [6, 6.07) is 14.9. The van der Waals surface area contributed by atoms with E-state index in [0.717, 1.165) is 22.3 Å². The minimum atomic E-state index is -0.262. The Bertz CT molecular complexity index is 909. The molecule has 0 saturated carbocycles. The minimum absolute atomic E-state index is 0. The molecule has 2 N–H and O–H groups in total. The fraction of sp³-hybridized carbons (Fsp3) is 0.286. The number of ether oxygens (including phenoxy) is 1. The molecule has 3 aromatic rings. The van der Waals surface area contributed by atoms with E-state index >= 15 is 0 Å². The first kappa shape index (κ1) is 22.2. The molecule has 0 bridgehead atoms. The molecule has 0 spiro atoms. The number of nitrogens with one attached hydrogen (secondary N) is 2. The van der Waals surface area contributed by atoms with Crippen molar-refractivity contribution in [1.82, 2.24) is 10.6 Å². The van der Waals surface area contributed by atoms with Crippen molar-refractivity contribution < 1.29 is 13.5 Å². The number of furan rings is 1. The van der Waals surface area contributed by atoms with Crippen molar-refractivity contribution in [2.24, 2.45) is 4.99 Å². The lowest BCUT2D eigenvalue weighted by molar-refractivity contribution is 0.181. The van der Waals surface area contributed by atoms with E-state index < -0.39 is 0 Å². The van der Waals surface area contributed by atoms with Crippen LogP contribution in [-0.4, -0.2) is 20.1 Å². The Kier molecular flexibility index (Phi) is 8.25. The lowest BCUT2D eigenvalue weighted by atomic mass is 10.1. The van der Waals surface area contributed by atoms with Gasteiger partial charge < -0.3 is 19.8 Å². The Hall–Kier alpha value is -2.13. The van der Waals surface area contributed by atoms with Crippen molar-refractivity contribution >= 4 is 40.9 Å². The molecule has 0 fully saturated rings. The van der Waals surface area contributed by atoms with Crippen molar-refractivity contribution in [3.63, 3.8) is 0 Å². The van der Waals surface area contributed by atoms with Crippen LogP contribution in [-0.2, 0) is 17.9 Å². The maximum Gasteiger partial charge on any atom is 0.191 e. The second-order valence-electron chi connectivity index (χ2n) is 6.34. The summed E-state index contributed by atoms with van der Waals surface area (Å²) in [7, 11) is 3.26. The van der Waals surface area contributed by atoms with Crippen LogP contribution in [0.15, 0.2) is 57.9 Å². The van der Waals surface area contributed by atoms with Gasteiger partial charge in [-0.2, -0.15) is 0 Å². The molecule has 1 aromatic heterocycles. The number of hydrogen-bond donors (Lipinski definition) is 2. The molecule has 2 aromatic carbocycles. The number of nitrogens with zero attached hydrogens (tertiary/aromatic N) is 1. The molecule has 7 heteroatoms. The predicted octanol–water partition coefficient (Wildman–Crippen LogP) is 4.76. The molecule has 0 aliphatic carbocycles. The van der Waals surface area contributed by atoms with Crippen LogP contribution in [0, 0.1) is 5.82 Å². The Morgan fingerprint density at radius 1 is 1.21 bits per heavy atom. The molecule has 1 atom stereocenters. The highest BCUT2D eigenvalue weighted by Crippen LogP contribution is 2.23.